The standard InChI is InChI=1S/C23H31FN4O/c1-7-20(8-2)29-21-10-18(15(3)4)9-19(11-21)16(5)26-12-17-13-27-22(28-14-17)23(6,24)25/h9-11,13-14,20,26H,3,5,7-8,12,25H2,1-2,4,6H3. The third-order valence-corrected chi connectivity index (χ3v) is 4.61. The number of nitrogens with zero attached hydrogens (tertiary/aromatic N) is 2. The minimum atomic E-state index is -2.05. The molecule has 2 aromatic rings. The van der Waals surface area contributed by atoms with Crippen LogP contribution in [0.15, 0.2) is 43.8 Å². The fourth-order valence-electron chi connectivity index (χ4n) is 2.74. The molecular formula is C23H31FN4O. The molecule has 0 radical (unpaired) electrons. The Bertz CT molecular complexity index is 852. The molecule has 0 fully saturated rings. The molecule has 5 nitrogen and oxygen atoms in total. The van der Waals surface area contributed by atoms with E-state index in [1.165, 1.54) is 6.92 Å². The lowest BCUT2D eigenvalue weighted by molar-refractivity contribution is 0.188. The van der Waals surface area contributed by atoms with E-state index >= 15 is 0 Å². The molecule has 0 aliphatic heterocycles. The lowest BCUT2D eigenvalue weighted by Gasteiger charge is -2.19. The Morgan fingerprint density at radius 3 is 2.28 bits per heavy atom. The van der Waals surface area contributed by atoms with Crippen LogP contribution in [0, 0.1) is 0 Å². The molecule has 29 heavy (non-hydrogen) atoms. The van der Waals surface area contributed by atoms with Crippen molar-refractivity contribution in [3.05, 3.63) is 66.3 Å². The number of alkyl halides is 1. The van der Waals surface area contributed by atoms with Gasteiger partial charge < -0.3 is 10.1 Å². The second kappa shape index (κ2) is 9.65. The summed E-state index contributed by atoms with van der Waals surface area (Å²) in [5.74, 6) is -1.29. The minimum Gasteiger partial charge on any atom is -0.490 e. The van der Waals surface area contributed by atoms with E-state index in [0.29, 0.717) is 6.54 Å². The third-order valence-electron chi connectivity index (χ3n) is 4.61. The number of hydrogen-bond donors (Lipinski definition) is 2. The van der Waals surface area contributed by atoms with Crippen LogP contribution in [0.4, 0.5) is 4.39 Å². The molecule has 1 heterocycles. The summed E-state index contributed by atoms with van der Waals surface area (Å²) in [6, 6.07) is 6.01. The molecule has 1 aromatic heterocycles. The number of allylic oxidation sites excluding steroid dienone is 1. The van der Waals surface area contributed by atoms with Crippen molar-refractivity contribution in [1.29, 1.82) is 0 Å². The molecule has 0 aliphatic carbocycles. The highest BCUT2D eigenvalue weighted by molar-refractivity contribution is 5.71. The van der Waals surface area contributed by atoms with Crippen molar-refractivity contribution in [1.82, 2.24) is 15.3 Å². The van der Waals surface area contributed by atoms with Crippen LogP contribution in [0.2, 0.25) is 0 Å². The fraction of sp³-hybridized carbons (Fsp3) is 0.391. The van der Waals surface area contributed by atoms with Gasteiger partial charge in [-0.25, -0.2) is 14.4 Å². The van der Waals surface area contributed by atoms with Gasteiger partial charge in [-0.05, 0) is 50.5 Å². The quantitative estimate of drug-likeness (QED) is 0.555. The monoisotopic (exact) mass is 398 g/mol. The smallest absolute Gasteiger partial charge is 0.216 e. The lowest BCUT2D eigenvalue weighted by Crippen LogP contribution is -2.29. The van der Waals surface area contributed by atoms with Gasteiger partial charge in [-0.3, -0.25) is 5.73 Å². The van der Waals surface area contributed by atoms with E-state index in [2.05, 4.69) is 42.3 Å². The van der Waals surface area contributed by atoms with E-state index in [0.717, 1.165) is 46.6 Å². The van der Waals surface area contributed by atoms with Crippen molar-refractivity contribution in [2.24, 2.45) is 5.73 Å². The van der Waals surface area contributed by atoms with Crippen molar-refractivity contribution < 1.29 is 9.13 Å². The second-order valence-corrected chi connectivity index (χ2v) is 7.41. The number of nitrogens with two attached hydrogens (primary N) is 1. The van der Waals surface area contributed by atoms with Crippen LogP contribution in [0.5, 0.6) is 5.75 Å². The molecule has 0 saturated heterocycles. The van der Waals surface area contributed by atoms with E-state index in [1.54, 1.807) is 12.4 Å². The van der Waals surface area contributed by atoms with Crippen LogP contribution in [0.3, 0.4) is 0 Å². The first kappa shape index (κ1) is 22.6. The van der Waals surface area contributed by atoms with Gasteiger partial charge in [0, 0.05) is 35.8 Å². The largest absolute Gasteiger partial charge is 0.490 e. The molecular weight excluding hydrogens is 367 g/mol. The third kappa shape index (κ3) is 6.39. The van der Waals surface area contributed by atoms with Crippen LogP contribution < -0.4 is 15.8 Å². The summed E-state index contributed by atoms with van der Waals surface area (Å²) < 4.78 is 19.8. The number of halogens is 1. The summed E-state index contributed by atoms with van der Waals surface area (Å²) in [4.78, 5) is 7.98. The predicted molar refractivity (Wildman–Crippen MR) is 117 cm³/mol. The zero-order chi connectivity index (χ0) is 21.6. The molecule has 2 rings (SSSR count). The Hall–Kier alpha value is -2.73. The Morgan fingerprint density at radius 1 is 1.17 bits per heavy atom. The summed E-state index contributed by atoms with van der Waals surface area (Å²) in [7, 11) is 0. The maximum Gasteiger partial charge on any atom is 0.216 e. The van der Waals surface area contributed by atoms with Crippen LogP contribution in [0.25, 0.3) is 11.3 Å². The topological polar surface area (TPSA) is 73.1 Å². The molecule has 1 aromatic carbocycles. The Kier molecular flexibility index (Phi) is 7.51. The van der Waals surface area contributed by atoms with Crippen LogP contribution in [-0.4, -0.2) is 16.1 Å². The first-order chi connectivity index (χ1) is 13.6. The first-order valence-corrected chi connectivity index (χ1v) is 9.84. The molecule has 6 heteroatoms. The maximum absolute atomic E-state index is 13.7. The van der Waals surface area contributed by atoms with Gasteiger partial charge in [0.2, 0.25) is 5.79 Å². The Labute approximate surface area is 172 Å². The molecule has 0 amide bonds. The number of benzene rings is 1. The van der Waals surface area contributed by atoms with E-state index in [9.17, 15) is 4.39 Å². The van der Waals surface area contributed by atoms with Gasteiger partial charge >= 0.3 is 0 Å². The zero-order valence-electron chi connectivity index (χ0n) is 17.8. The summed E-state index contributed by atoms with van der Waals surface area (Å²) in [5.41, 5.74) is 9.78. The van der Waals surface area contributed by atoms with E-state index in [1.807, 2.05) is 25.1 Å². The van der Waals surface area contributed by atoms with E-state index in [-0.39, 0.29) is 11.9 Å². The molecule has 0 bridgehead atoms. The SMILES string of the molecule is C=C(C)c1cc(OC(CC)CC)cc(C(=C)NCc2cnc(C(C)(N)F)nc2)c1. The Balaban J connectivity index is 2.14. The van der Waals surface area contributed by atoms with Gasteiger partial charge in [0.05, 0.1) is 6.10 Å². The van der Waals surface area contributed by atoms with Gasteiger partial charge in [-0.2, -0.15) is 0 Å². The highest BCUT2D eigenvalue weighted by Gasteiger charge is 2.22. The second-order valence-electron chi connectivity index (χ2n) is 7.41. The van der Waals surface area contributed by atoms with Gasteiger partial charge in [0.25, 0.3) is 0 Å². The number of rotatable bonds is 10. The summed E-state index contributed by atoms with van der Waals surface area (Å²) in [6.07, 6.45) is 5.17. The fourth-order valence-corrected chi connectivity index (χ4v) is 2.74. The molecule has 1 unspecified atom stereocenters. The van der Waals surface area contributed by atoms with Gasteiger partial charge in [0.1, 0.15) is 5.75 Å². The van der Waals surface area contributed by atoms with Crippen molar-refractivity contribution in [2.75, 3.05) is 0 Å². The summed E-state index contributed by atoms with van der Waals surface area (Å²) >= 11 is 0. The van der Waals surface area contributed by atoms with E-state index < -0.39 is 5.79 Å². The highest BCUT2D eigenvalue weighted by Crippen LogP contribution is 2.26. The predicted octanol–water partition coefficient (Wildman–Crippen LogP) is 4.94. The Morgan fingerprint density at radius 2 is 1.76 bits per heavy atom. The van der Waals surface area contributed by atoms with Gasteiger partial charge in [-0.15, -0.1) is 0 Å². The molecule has 156 valence electrons. The molecule has 0 aliphatic rings. The average molecular weight is 399 g/mol. The lowest BCUT2D eigenvalue weighted by atomic mass is 10.0. The number of ether oxygens (including phenoxy) is 1. The van der Waals surface area contributed by atoms with Crippen LogP contribution in [-0.2, 0) is 12.3 Å². The first-order valence-electron chi connectivity index (χ1n) is 9.84. The number of nitrogens with one attached hydrogen (secondary N) is 1. The molecule has 0 saturated carbocycles. The zero-order valence-corrected chi connectivity index (χ0v) is 17.8. The number of aromatic nitrogens is 2. The van der Waals surface area contributed by atoms with E-state index in [4.69, 9.17) is 10.5 Å². The average Bonchev–Trinajstić information content (AvgIpc) is 2.69. The van der Waals surface area contributed by atoms with Crippen LogP contribution in [0.1, 0.15) is 63.1 Å². The highest BCUT2D eigenvalue weighted by atomic mass is 19.1. The van der Waals surface area contributed by atoms with Gasteiger partial charge in [0.15, 0.2) is 5.82 Å². The summed E-state index contributed by atoms with van der Waals surface area (Å²) in [5, 5.41) is 3.26. The van der Waals surface area contributed by atoms with Crippen molar-refractivity contribution in [2.45, 2.75) is 59.0 Å². The summed E-state index contributed by atoms with van der Waals surface area (Å²) in [6.45, 7) is 16.0. The maximum atomic E-state index is 13.7. The number of hydrogen-bond acceptors (Lipinski definition) is 5. The normalized spacial score (nSPS) is 13.1. The van der Waals surface area contributed by atoms with Crippen molar-refractivity contribution in [3.63, 3.8) is 0 Å². The van der Waals surface area contributed by atoms with Crippen LogP contribution >= 0.6 is 0 Å². The molecule has 1 atom stereocenters. The molecule has 3 N–H and O–H groups in total. The molecule has 0 spiro atoms. The van der Waals surface area contributed by atoms with Gasteiger partial charge in [-0.1, -0.05) is 32.6 Å². The minimum absolute atomic E-state index is 0.0440. The van der Waals surface area contributed by atoms with Crippen molar-refractivity contribution >= 4 is 11.3 Å². The van der Waals surface area contributed by atoms with Crippen molar-refractivity contribution in [3.8, 4) is 5.75 Å².